The Balaban J connectivity index is 2.11. The predicted molar refractivity (Wildman–Crippen MR) is 66.6 cm³/mol. The molecule has 0 spiro atoms. The van der Waals surface area contributed by atoms with Gasteiger partial charge in [0.2, 0.25) is 0 Å². The average Bonchev–Trinajstić information content (AvgIpc) is 2.79. The first-order chi connectivity index (χ1) is 7.79. The molecule has 5 heteroatoms. The predicted octanol–water partition coefficient (Wildman–Crippen LogP) is 2.79. The Kier molecular flexibility index (Phi) is 3.46. The van der Waals surface area contributed by atoms with Crippen LogP contribution in [0.5, 0.6) is 5.75 Å². The Morgan fingerprint density at radius 2 is 2.31 bits per heavy atom. The zero-order chi connectivity index (χ0) is 11.4. The van der Waals surface area contributed by atoms with E-state index in [1.165, 1.54) is 0 Å². The van der Waals surface area contributed by atoms with Gasteiger partial charge in [0, 0.05) is 10.7 Å². The van der Waals surface area contributed by atoms with Gasteiger partial charge in [0.05, 0.1) is 25.0 Å². The molecule has 16 heavy (non-hydrogen) atoms. The van der Waals surface area contributed by atoms with E-state index in [1.807, 2.05) is 24.3 Å². The van der Waals surface area contributed by atoms with E-state index in [1.54, 1.807) is 13.3 Å². The quantitative estimate of drug-likeness (QED) is 0.906. The lowest BCUT2D eigenvalue weighted by Crippen LogP contribution is -2.01. The van der Waals surface area contributed by atoms with Crippen LogP contribution in [0.1, 0.15) is 5.69 Å². The Labute approximate surface area is 102 Å². The first-order valence-corrected chi connectivity index (χ1v) is 5.64. The van der Waals surface area contributed by atoms with Crippen LogP contribution >= 0.6 is 15.9 Å². The minimum absolute atomic E-state index is 0.687. The molecule has 0 fully saturated rings. The maximum Gasteiger partial charge on any atom is 0.142 e. The second-order valence-corrected chi connectivity index (χ2v) is 4.20. The van der Waals surface area contributed by atoms with Crippen molar-refractivity contribution in [3.05, 3.63) is 40.6 Å². The van der Waals surface area contributed by atoms with Crippen molar-refractivity contribution in [2.24, 2.45) is 0 Å². The van der Waals surface area contributed by atoms with Crippen LogP contribution < -0.4 is 10.1 Å². The third-order valence-corrected chi connectivity index (χ3v) is 2.68. The largest absolute Gasteiger partial charge is 0.495 e. The van der Waals surface area contributed by atoms with Crippen LogP contribution in [0, 0.1) is 0 Å². The molecular formula is C11H12BrN3O. The molecule has 1 aromatic heterocycles. The van der Waals surface area contributed by atoms with E-state index in [2.05, 4.69) is 31.4 Å². The summed E-state index contributed by atoms with van der Waals surface area (Å²) >= 11 is 3.43. The summed E-state index contributed by atoms with van der Waals surface area (Å²) < 4.78 is 6.28. The van der Waals surface area contributed by atoms with Crippen LogP contribution in [0.15, 0.2) is 34.9 Å². The number of methoxy groups -OCH3 is 1. The van der Waals surface area contributed by atoms with E-state index in [-0.39, 0.29) is 0 Å². The number of hydrogen-bond acceptors (Lipinski definition) is 3. The summed E-state index contributed by atoms with van der Waals surface area (Å²) in [5.74, 6) is 0.822. The molecule has 2 aromatic rings. The molecule has 0 amide bonds. The van der Waals surface area contributed by atoms with Gasteiger partial charge >= 0.3 is 0 Å². The molecule has 1 aromatic carbocycles. The Bertz CT molecular complexity index is 456. The molecule has 0 unspecified atom stereocenters. The van der Waals surface area contributed by atoms with Crippen LogP contribution in [-0.2, 0) is 6.54 Å². The first kappa shape index (κ1) is 11.0. The average molecular weight is 282 g/mol. The maximum absolute atomic E-state index is 5.26. The number of H-pyrrole nitrogens is 1. The Morgan fingerprint density at radius 1 is 1.44 bits per heavy atom. The van der Waals surface area contributed by atoms with Gasteiger partial charge in [-0.05, 0) is 24.3 Å². The van der Waals surface area contributed by atoms with Crippen molar-refractivity contribution in [1.82, 2.24) is 10.2 Å². The van der Waals surface area contributed by atoms with Crippen molar-refractivity contribution in [1.29, 1.82) is 0 Å². The molecule has 84 valence electrons. The fourth-order valence-electron chi connectivity index (χ4n) is 1.39. The van der Waals surface area contributed by atoms with Gasteiger partial charge in [-0.25, -0.2) is 0 Å². The number of benzene rings is 1. The van der Waals surface area contributed by atoms with Crippen molar-refractivity contribution in [2.75, 3.05) is 12.4 Å². The molecule has 0 saturated carbocycles. The van der Waals surface area contributed by atoms with Crippen molar-refractivity contribution in [3.63, 3.8) is 0 Å². The van der Waals surface area contributed by atoms with Crippen molar-refractivity contribution < 1.29 is 4.74 Å². The molecule has 0 radical (unpaired) electrons. The first-order valence-electron chi connectivity index (χ1n) is 4.85. The fraction of sp³-hybridized carbons (Fsp3) is 0.182. The normalized spacial score (nSPS) is 10.1. The smallest absolute Gasteiger partial charge is 0.142 e. The molecule has 0 aliphatic heterocycles. The van der Waals surface area contributed by atoms with E-state index in [9.17, 15) is 0 Å². The van der Waals surface area contributed by atoms with Crippen molar-refractivity contribution in [2.45, 2.75) is 6.54 Å². The van der Waals surface area contributed by atoms with Crippen LogP contribution in [0.2, 0.25) is 0 Å². The number of halogens is 1. The van der Waals surface area contributed by atoms with E-state index in [4.69, 9.17) is 4.74 Å². The van der Waals surface area contributed by atoms with Crippen LogP contribution in [0.25, 0.3) is 0 Å². The van der Waals surface area contributed by atoms with E-state index in [0.29, 0.717) is 6.54 Å². The summed E-state index contributed by atoms with van der Waals surface area (Å²) in [5.41, 5.74) is 1.98. The third-order valence-electron chi connectivity index (χ3n) is 2.19. The Hall–Kier alpha value is -1.49. The number of hydrogen-bond donors (Lipinski definition) is 2. The standard InChI is InChI=1S/C11H12BrN3O/c1-16-11-3-2-8(12)6-10(11)13-7-9-4-5-14-15-9/h2-6,13H,7H2,1H3,(H,14,15). The van der Waals surface area contributed by atoms with Crippen molar-refractivity contribution >= 4 is 21.6 Å². The van der Waals surface area contributed by atoms with Gasteiger partial charge in [-0.3, -0.25) is 5.10 Å². The molecule has 0 aliphatic rings. The topological polar surface area (TPSA) is 49.9 Å². The van der Waals surface area contributed by atoms with Crippen LogP contribution in [-0.4, -0.2) is 17.3 Å². The molecule has 1 heterocycles. The number of nitrogens with one attached hydrogen (secondary N) is 2. The molecule has 0 bridgehead atoms. The second kappa shape index (κ2) is 5.03. The van der Waals surface area contributed by atoms with Crippen molar-refractivity contribution in [3.8, 4) is 5.75 Å². The molecule has 2 rings (SSSR count). The third kappa shape index (κ3) is 2.55. The van der Waals surface area contributed by atoms with Gasteiger partial charge in [0.25, 0.3) is 0 Å². The zero-order valence-corrected chi connectivity index (χ0v) is 10.4. The number of ether oxygens (including phenoxy) is 1. The number of aromatic nitrogens is 2. The fourth-order valence-corrected chi connectivity index (χ4v) is 1.75. The highest BCUT2D eigenvalue weighted by Gasteiger charge is 2.03. The number of aromatic amines is 1. The minimum Gasteiger partial charge on any atom is -0.495 e. The number of rotatable bonds is 4. The van der Waals surface area contributed by atoms with Crippen LogP contribution in [0.4, 0.5) is 5.69 Å². The monoisotopic (exact) mass is 281 g/mol. The van der Waals surface area contributed by atoms with E-state index < -0.39 is 0 Å². The second-order valence-electron chi connectivity index (χ2n) is 3.28. The van der Waals surface area contributed by atoms with Gasteiger partial charge in [-0.2, -0.15) is 5.10 Å². The lowest BCUT2D eigenvalue weighted by Gasteiger charge is -2.10. The molecule has 4 nitrogen and oxygen atoms in total. The van der Waals surface area contributed by atoms with E-state index >= 15 is 0 Å². The Morgan fingerprint density at radius 3 is 3.00 bits per heavy atom. The van der Waals surface area contributed by atoms with Gasteiger partial charge in [0.15, 0.2) is 0 Å². The highest BCUT2D eigenvalue weighted by atomic mass is 79.9. The van der Waals surface area contributed by atoms with Gasteiger partial charge < -0.3 is 10.1 Å². The molecule has 2 N–H and O–H groups in total. The molecule has 0 aliphatic carbocycles. The highest BCUT2D eigenvalue weighted by molar-refractivity contribution is 9.10. The summed E-state index contributed by atoms with van der Waals surface area (Å²) in [6, 6.07) is 7.77. The summed E-state index contributed by atoms with van der Waals surface area (Å²) in [5, 5.41) is 10.1. The summed E-state index contributed by atoms with van der Waals surface area (Å²) in [7, 11) is 1.66. The SMILES string of the molecule is COc1ccc(Br)cc1NCc1ccn[nH]1. The van der Waals surface area contributed by atoms with E-state index in [0.717, 1.165) is 21.6 Å². The van der Waals surface area contributed by atoms with Gasteiger partial charge in [-0.1, -0.05) is 15.9 Å². The lowest BCUT2D eigenvalue weighted by atomic mass is 10.3. The van der Waals surface area contributed by atoms with Gasteiger partial charge in [-0.15, -0.1) is 0 Å². The summed E-state index contributed by atoms with van der Waals surface area (Å²) in [6.45, 7) is 0.687. The highest BCUT2D eigenvalue weighted by Crippen LogP contribution is 2.28. The number of nitrogens with zero attached hydrogens (tertiary/aromatic N) is 1. The summed E-state index contributed by atoms with van der Waals surface area (Å²) in [4.78, 5) is 0. The molecule has 0 saturated heterocycles. The zero-order valence-electron chi connectivity index (χ0n) is 8.83. The number of anilines is 1. The van der Waals surface area contributed by atoms with Gasteiger partial charge in [0.1, 0.15) is 5.75 Å². The molecular weight excluding hydrogens is 270 g/mol. The maximum atomic E-state index is 5.26. The lowest BCUT2D eigenvalue weighted by molar-refractivity contribution is 0.416. The minimum atomic E-state index is 0.687. The molecule has 0 atom stereocenters. The van der Waals surface area contributed by atoms with Crippen LogP contribution in [0.3, 0.4) is 0 Å². The summed E-state index contributed by atoms with van der Waals surface area (Å²) in [6.07, 6.45) is 1.73.